The minimum atomic E-state index is -1.14. The number of amides is 2. The van der Waals surface area contributed by atoms with Crippen LogP contribution in [0.1, 0.15) is 11.6 Å². The first kappa shape index (κ1) is 20.1. The summed E-state index contributed by atoms with van der Waals surface area (Å²) in [6, 6.07) is 14.3. The first-order valence-electron chi connectivity index (χ1n) is 8.31. The summed E-state index contributed by atoms with van der Waals surface area (Å²) in [6.07, 6.45) is 0. The highest BCUT2D eigenvalue weighted by Gasteiger charge is 2.46. The van der Waals surface area contributed by atoms with Gasteiger partial charge in [0.05, 0.1) is 17.1 Å². The number of benzene rings is 2. The van der Waals surface area contributed by atoms with Crippen LogP contribution in [-0.4, -0.2) is 21.9 Å². The molecule has 1 aliphatic heterocycles. The molecular weight excluding hydrogens is 540 g/mol. The quantitative estimate of drug-likeness (QED) is 0.377. The molecule has 3 aromatic rings. The van der Waals surface area contributed by atoms with Gasteiger partial charge in [-0.1, -0.05) is 31.9 Å². The van der Waals surface area contributed by atoms with Crippen molar-refractivity contribution in [2.45, 2.75) is 5.92 Å². The molecule has 6 nitrogen and oxygen atoms in total. The summed E-state index contributed by atoms with van der Waals surface area (Å²) in [5, 5.41) is 2.01. The lowest BCUT2D eigenvalue weighted by Crippen LogP contribution is -2.59. The number of thiazole rings is 1. The molecule has 2 aromatic carbocycles. The van der Waals surface area contributed by atoms with Gasteiger partial charge in [-0.15, -0.1) is 11.3 Å². The van der Waals surface area contributed by atoms with Gasteiger partial charge >= 0.3 is 0 Å². The first-order valence-corrected chi connectivity index (χ1v) is 11.2. The molecular formula is C19H12Br2N4O2S2. The number of nitrogens with zero attached hydrogens (tertiary/aromatic N) is 3. The van der Waals surface area contributed by atoms with Gasteiger partial charge in [-0.3, -0.25) is 19.4 Å². The van der Waals surface area contributed by atoms with Crippen molar-refractivity contribution >= 4 is 88.8 Å². The van der Waals surface area contributed by atoms with Crippen LogP contribution in [0.2, 0.25) is 0 Å². The zero-order valence-corrected chi connectivity index (χ0v) is 19.4. The Morgan fingerprint density at radius 2 is 1.34 bits per heavy atom. The largest absolute Gasteiger partial charge is 0.375 e. The third kappa shape index (κ3) is 3.73. The molecule has 2 N–H and O–H groups in total. The van der Waals surface area contributed by atoms with Gasteiger partial charge in [0.1, 0.15) is 0 Å². The maximum absolute atomic E-state index is 13.4. The standard InChI is InChI=1S/C19H12Br2N4O2S2/c20-10-1-5-12(6-2-10)24-16(26)15(14-9-29-18(22)23-14)17(27)25(19(24)28)13-7-3-11(21)4-8-13/h1-9,15H,(H2,22,23). The van der Waals surface area contributed by atoms with E-state index in [1.54, 1.807) is 29.6 Å². The summed E-state index contributed by atoms with van der Waals surface area (Å²) in [4.78, 5) is 33.7. The molecule has 0 bridgehead atoms. The second-order valence-corrected chi connectivity index (χ2v) is 9.21. The van der Waals surface area contributed by atoms with Crippen molar-refractivity contribution in [3.05, 3.63) is 68.6 Å². The number of anilines is 3. The molecule has 0 radical (unpaired) electrons. The fraction of sp³-hybridized carbons (Fsp3) is 0.0526. The summed E-state index contributed by atoms with van der Waals surface area (Å²) >= 11 is 13.5. The second-order valence-electron chi connectivity index (χ2n) is 6.13. The topological polar surface area (TPSA) is 79.5 Å². The Morgan fingerprint density at radius 3 is 1.72 bits per heavy atom. The highest BCUT2D eigenvalue weighted by atomic mass is 79.9. The van der Waals surface area contributed by atoms with Crippen molar-refractivity contribution in [3.8, 4) is 0 Å². The lowest BCUT2D eigenvalue weighted by molar-refractivity contribution is -0.128. The molecule has 0 saturated carbocycles. The molecule has 1 aromatic heterocycles. The number of carbonyl (C=O) groups is 2. The number of thiocarbonyl (C=S) groups is 1. The molecule has 1 saturated heterocycles. The van der Waals surface area contributed by atoms with Crippen molar-refractivity contribution in [1.82, 2.24) is 4.98 Å². The lowest BCUT2D eigenvalue weighted by atomic mass is 9.99. The first-order chi connectivity index (χ1) is 13.9. The van der Waals surface area contributed by atoms with Gasteiger partial charge in [0, 0.05) is 14.3 Å². The Bertz CT molecular complexity index is 1050. The van der Waals surface area contributed by atoms with Gasteiger partial charge in [-0.2, -0.15) is 0 Å². The van der Waals surface area contributed by atoms with E-state index in [4.69, 9.17) is 18.0 Å². The van der Waals surface area contributed by atoms with E-state index in [2.05, 4.69) is 36.8 Å². The maximum Gasteiger partial charge on any atom is 0.252 e. The van der Waals surface area contributed by atoms with E-state index in [1.165, 1.54) is 21.1 Å². The van der Waals surface area contributed by atoms with E-state index in [0.29, 0.717) is 22.2 Å². The van der Waals surface area contributed by atoms with Crippen molar-refractivity contribution < 1.29 is 9.59 Å². The van der Waals surface area contributed by atoms with E-state index in [0.717, 1.165) is 8.95 Å². The molecule has 2 heterocycles. The third-order valence-electron chi connectivity index (χ3n) is 4.32. The second kappa shape index (κ2) is 7.94. The molecule has 4 rings (SSSR count). The fourth-order valence-electron chi connectivity index (χ4n) is 2.99. The Balaban J connectivity index is 1.85. The average molecular weight is 552 g/mol. The van der Waals surface area contributed by atoms with Gasteiger partial charge in [-0.25, -0.2) is 4.98 Å². The van der Waals surface area contributed by atoms with E-state index >= 15 is 0 Å². The van der Waals surface area contributed by atoms with Crippen molar-refractivity contribution in [1.29, 1.82) is 0 Å². The Kier molecular flexibility index (Phi) is 5.52. The third-order valence-corrected chi connectivity index (χ3v) is 6.44. The molecule has 1 aliphatic rings. The van der Waals surface area contributed by atoms with Gasteiger partial charge in [0.15, 0.2) is 16.2 Å². The van der Waals surface area contributed by atoms with E-state index < -0.39 is 17.7 Å². The lowest BCUT2D eigenvalue weighted by Gasteiger charge is -2.38. The number of hydrogen-bond acceptors (Lipinski definition) is 6. The normalized spacial score (nSPS) is 15.3. The monoisotopic (exact) mass is 550 g/mol. The van der Waals surface area contributed by atoms with Gasteiger partial charge in [0.25, 0.3) is 11.8 Å². The number of nitrogen functional groups attached to an aromatic ring is 1. The molecule has 0 spiro atoms. The number of nitrogens with two attached hydrogens (primary N) is 1. The molecule has 2 amide bonds. The van der Waals surface area contributed by atoms with Crippen LogP contribution in [0.15, 0.2) is 62.9 Å². The van der Waals surface area contributed by atoms with E-state index in [-0.39, 0.29) is 5.11 Å². The van der Waals surface area contributed by atoms with E-state index in [1.807, 2.05) is 24.3 Å². The zero-order valence-electron chi connectivity index (χ0n) is 14.6. The smallest absolute Gasteiger partial charge is 0.252 e. The number of rotatable bonds is 3. The number of aromatic nitrogens is 1. The summed E-state index contributed by atoms with van der Waals surface area (Å²) in [5.41, 5.74) is 7.19. The van der Waals surface area contributed by atoms with Gasteiger partial charge in [0.2, 0.25) is 0 Å². The Morgan fingerprint density at radius 1 is 0.897 bits per heavy atom. The fourth-order valence-corrected chi connectivity index (χ4v) is 4.50. The predicted octanol–water partition coefficient (Wildman–Crippen LogP) is 4.70. The summed E-state index contributed by atoms with van der Waals surface area (Å²) in [6.45, 7) is 0. The summed E-state index contributed by atoms with van der Waals surface area (Å²) < 4.78 is 1.72. The molecule has 146 valence electrons. The Hall–Kier alpha value is -2.14. The van der Waals surface area contributed by atoms with Crippen LogP contribution in [0, 0.1) is 0 Å². The van der Waals surface area contributed by atoms with Crippen LogP contribution < -0.4 is 15.5 Å². The number of carbonyl (C=O) groups excluding carboxylic acids is 2. The van der Waals surface area contributed by atoms with E-state index in [9.17, 15) is 9.59 Å². The molecule has 0 atom stereocenters. The molecule has 1 fully saturated rings. The number of halogens is 2. The Labute approximate surface area is 192 Å². The summed E-state index contributed by atoms with van der Waals surface area (Å²) in [5.74, 6) is -2.05. The van der Waals surface area contributed by atoms with Crippen molar-refractivity contribution in [3.63, 3.8) is 0 Å². The van der Waals surface area contributed by atoms with Crippen LogP contribution in [-0.2, 0) is 9.59 Å². The van der Waals surface area contributed by atoms with Crippen LogP contribution in [0.4, 0.5) is 16.5 Å². The van der Waals surface area contributed by atoms with Crippen molar-refractivity contribution in [2.24, 2.45) is 0 Å². The minimum absolute atomic E-state index is 0.0871. The summed E-state index contributed by atoms with van der Waals surface area (Å²) in [7, 11) is 0. The molecule has 29 heavy (non-hydrogen) atoms. The minimum Gasteiger partial charge on any atom is -0.375 e. The van der Waals surface area contributed by atoms with Gasteiger partial charge in [-0.05, 0) is 60.7 Å². The highest BCUT2D eigenvalue weighted by molar-refractivity contribution is 9.10. The van der Waals surface area contributed by atoms with Crippen LogP contribution in [0.25, 0.3) is 0 Å². The molecule has 10 heteroatoms. The molecule has 0 aliphatic carbocycles. The van der Waals surface area contributed by atoms with Crippen LogP contribution >= 0.6 is 55.4 Å². The van der Waals surface area contributed by atoms with Gasteiger partial charge < -0.3 is 5.73 Å². The van der Waals surface area contributed by atoms with Crippen molar-refractivity contribution in [2.75, 3.05) is 15.5 Å². The van der Waals surface area contributed by atoms with Crippen LogP contribution in [0.3, 0.4) is 0 Å². The predicted molar refractivity (Wildman–Crippen MR) is 125 cm³/mol. The molecule has 0 unspecified atom stereocenters. The highest BCUT2D eigenvalue weighted by Crippen LogP contribution is 2.35. The number of hydrogen-bond donors (Lipinski definition) is 1. The average Bonchev–Trinajstić information content (AvgIpc) is 3.10. The maximum atomic E-state index is 13.4. The zero-order chi connectivity index (χ0) is 20.7. The van der Waals surface area contributed by atoms with Crippen LogP contribution in [0.5, 0.6) is 0 Å². The SMILES string of the molecule is Nc1nc(C2C(=O)N(c3ccc(Br)cc3)C(=S)N(c3ccc(Br)cc3)C2=O)cs1.